The highest BCUT2D eigenvalue weighted by Gasteiger charge is 2.28. The van der Waals surface area contributed by atoms with Crippen molar-refractivity contribution in [2.24, 2.45) is 5.92 Å². The van der Waals surface area contributed by atoms with Gasteiger partial charge in [-0.2, -0.15) is 0 Å². The van der Waals surface area contributed by atoms with Crippen LogP contribution < -0.4 is 4.74 Å². The molecule has 0 unspecified atom stereocenters. The Bertz CT molecular complexity index is 528. The van der Waals surface area contributed by atoms with Gasteiger partial charge in [0.25, 0.3) is 5.91 Å². The third-order valence-corrected chi connectivity index (χ3v) is 4.55. The van der Waals surface area contributed by atoms with Crippen LogP contribution in [0.4, 0.5) is 0 Å². The number of carbonyl (C=O) groups excluding carboxylic acids is 1. The molecule has 0 radical (unpaired) electrons. The minimum absolute atomic E-state index is 0.0748. The molecule has 1 aromatic rings. The van der Waals surface area contributed by atoms with Crippen LogP contribution in [0.1, 0.15) is 23.2 Å². The second-order valence-electron chi connectivity index (χ2n) is 6.64. The van der Waals surface area contributed by atoms with E-state index in [1.54, 1.807) is 7.11 Å². The number of nitrogens with zero attached hydrogens (tertiary/aromatic N) is 2. The standard InChI is InChI=1S/C18H26N2O3/c1-19(11-14-3-4-14)12-17-13-20(9-10-23-17)18(21)15-5-7-16(22-2)8-6-15/h5-8,14,17H,3-4,9-13H2,1-2H3/t17-/m0/s1. The first-order valence-corrected chi connectivity index (χ1v) is 8.39. The molecule has 0 spiro atoms. The molecule has 1 saturated heterocycles. The number of hydrogen-bond acceptors (Lipinski definition) is 4. The summed E-state index contributed by atoms with van der Waals surface area (Å²) in [6.07, 6.45) is 2.82. The predicted octanol–water partition coefficient (Wildman–Crippen LogP) is 1.88. The first kappa shape index (κ1) is 16.3. The number of morpholine rings is 1. The fourth-order valence-corrected chi connectivity index (χ4v) is 3.09. The third kappa shape index (κ3) is 4.45. The molecular weight excluding hydrogens is 292 g/mol. The SMILES string of the molecule is COc1ccc(C(=O)N2CCO[C@@H](CN(C)CC3CC3)C2)cc1. The van der Waals surface area contributed by atoms with E-state index in [0.717, 1.165) is 24.8 Å². The Morgan fingerprint density at radius 3 is 2.70 bits per heavy atom. The number of methoxy groups -OCH3 is 1. The minimum Gasteiger partial charge on any atom is -0.497 e. The van der Waals surface area contributed by atoms with Crippen molar-refractivity contribution in [3.63, 3.8) is 0 Å². The third-order valence-electron chi connectivity index (χ3n) is 4.55. The van der Waals surface area contributed by atoms with E-state index in [2.05, 4.69) is 11.9 Å². The van der Waals surface area contributed by atoms with E-state index < -0.39 is 0 Å². The van der Waals surface area contributed by atoms with E-state index >= 15 is 0 Å². The molecule has 1 amide bonds. The Balaban J connectivity index is 1.54. The maximum absolute atomic E-state index is 12.6. The fourth-order valence-electron chi connectivity index (χ4n) is 3.09. The van der Waals surface area contributed by atoms with E-state index in [4.69, 9.17) is 9.47 Å². The van der Waals surface area contributed by atoms with Crippen LogP contribution in [-0.2, 0) is 4.74 Å². The topological polar surface area (TPSA) is 42.0 Å². The zero-order valence-electron chi connectivity index (χ0n) is 14.0. The van der Waals surface area contributed by atoms with E-state index in [0.29, 0.717) is 25.3 Å². The van der Waals surface area contributed by atoms with Gasteiger partial charge in [0.1, 0.15) is 5.75 Å². The molecule has 2 aliphatic rings. The van der Waals surface area contributed by atoms with Crippen molar-refractivity contribution < 1.29 is 14.3 Å². The lowest BCUT2D eigenvalue weighted by Gasteiger charge is -2.35. The molecule has 0 bridgehead atoms. The summed E-state index contributed by atoms with van der Waals surface area (Å²) in [5.41, 5.74) is 0.706. The van der Waals surface area contributed by atoms with Gasteiger partial charge in [0.05, 0.1) is 19.8 Å². The van der Waals surface area contributed by atoms with E-state index in [-0.39, 0.29) is 12.0 Å². The zero-order valence-corrected chi connectivity index (χ0v) is 14.0. The lowest BCUT2D eigenvalue weighted by molar-refractivity contribution is -0.0334. The van der Waals surface area contributed by atoms with Crippen LogP contribution in [0.15, 0.2) is 24.3 Å². The second-order valence-corrected chi connectivity index (χ2v) is 6.64. The molecule has 126 valence electrons. The molecule has 3 rings (SSSR count). The first-order valence-electron chi connectivity index (χ1n) is 8.39. The van der Waals surface area contributed by atoms with Crippen LogP contribution >= 0.6 is 0 Å². The van der Waals surface area contributed by atoms with Gasteiger partial charge in [-0.1, -0.05) is 0 Å². The molecule has 1 saturated carbocycles. The summed E-state index contributed by atoms with van der Waals surface area (Å²) in [6, 6.07) is 7.30. The summed E-state index contributed by atoms with van der Waals surface area (Å²) in [5, 5.41) is 0. The number of carbonyl (C=O) groups is 1. The Hall–Kier alpha value is -1.59. The van der Waals surface area contributed by atoms with Gasteiger partial charge in [0, 0.05) is 31.7 Å². The predicted molar refractivity (Wildman–Crippen MR) is 88.9 cm³/mol. The Kier molecular flexibility index (Phi) is 5.18. The quantitative estimate of drug-likeness (QED) is 0.803. The highest BCUT2D eigenvalue weighted by Crippen LogP contribution is 2.29. The summed E-state index contributed by atoms with van der Waals surface area (Å²) < 4.78 is 11.0. The van der Waals surface area contributed by atoms with Crippen molar-refractivity contribution in [1.29, 1.82) is 0 Å². The molecule has 5 nitrogen and oxygen atoms in total. The van der Waals surface area contributed by atoms with Gasteiger partial charge in [0.2, 0.25) is 0 Å². The average Bonchev–Trinajstić information content (AvgIpc) is 3.38. The summed E-state index contributed by atoms with van der Waals surface area (Å²) in [5.74, 6) is 1.72. The van der Waals surface area contributed by atoms with Crippen LogP contribution in [0.25, 0.3) is 0 Å². The normalized spacial score (nSPS) is 21.5. The van der Waals surface area contributed by atoms with Gasteiger partial charge in [-0.15, -0.1) is 0 Å². The van der Waals surface area contributed by atoms with Gasteiger partial charge in [-0.3, -0.25) is 4.79 Å². The molecule has 23 heavy (non-hydrogen) atoms. The summed E-state index contributed by atoms with van der Waals surface area (Å²) in [6.45, 7) is 3.98. The van der Waals surface area contributed by atoms with Crippen LogP contribution in [0, 0.1) is 5.92 Å². The average molecular weight is 318 g/mol. The lowest BCUT2D eigenvalue weighted by Crippen LogP contribution is -2.49. The maximum atomic E-state index is 12.6. The summed E-state index contributed by atoms with van der Waals surface area (Å²) >= 11 is 0. The van der Waals surface area contributed by atoms with Crippen molar-refractivity contribution in [3.8, 4) is 5.75 Å². The van der Waals surface area contributed by atoms with Gasteiger partial charge in [0.15, 0.2) is 0 Å². The van der Waals surface area contributed by atoms with Crippen molar-refractivity contribution in [2.75, 3.05) is 46.9 Å². The molecule has 1 aromatic carbocycles. The number of benzene rings is 1. The van der Waals surface area contributed by atoms with Crippen molar-refractivity contribution in [1.82, 2.24) is 9.80 Å². The number of likely N-dealkylation sites (N-methyl/N-ethyl adjacent to an activating group) is 1. The van der Waals surface area contributed by atoms with Crippen LogP contribution in [0.2, 0.25) is 0 Å². The first-order chi connectivity index (χ1) is 11.2. The van der Waals surface area contributed by atoms with Crippen molar-refractivity contribution in [3.05, 3.63) is 29.8 Å². The summed E-state index contributed by atoms with van der Waals surface area (Å²) in [7, 11) is 3.77. The van der Waals surface area contributed by atoms with Gasteiger partial charge in [-0.25, -0.2) is 0 Å². The van der Waals surface area contributed by atoms with E-state index in [1.807, 2.05) is 29.2 Å². The van der Waals surface area contributed by atoms with Crippen LogP contribution in [-0.4, -0.2) is 68.8 Å². The monoisotopic (exact) mass is 318 g/mol. The zero-order chi connectivity index (χ0) is 16.2. The number of ether oxygens (including phenoxy) is 2. The number of amides is 1. The Morgan fingerprint density at radius 2 is 2.04 bits per heavy atom. The second kappa shape index (κ2) is 7.32. The largest absolute Gasteiger partial charge is 0.497 e. The highest BCUT2D eigenvalue weighted by atomic mass is 16.5. The van der Waals surface area contributed by atoms with Gasteiger partial charge >= 0.3 is 0 Å². The minimum atomic E-state index is 0.0748. The smallest absolute Gasteiger partial charge is 0.254 e. The molecule has 0 N–H and O–H groups in total. The van der Waals surface area contributed by atoms with Crippen LogP contribution in [0.5, 0.6) is 5.75 Å². The van der Waals surface area contributed by atoms with Gasteiger partial charge < -0.3 is 19.3 Å². The van der Waals surface area contributed by atoms with Crippen molar-refractivity contribution >= 4 is 5.91 Å². The molecular formula is C18H26N2O3. The van der Waals surface area contributed by atoms with Gasteiger partial charge in [-0.05, 0) is 50.1 Å². The number of rotatable bonds is 6. The van der Waals surface area contributed by atoms with E-state index in [1.165, 1.54) is 12.8 Å². The molecule has 1 heterocycles. The highest BCUT2D eigenvalue weighted by molar-refractivity contribution is 5.94. The maximum Gasteiger partial charge on any atom is 0.254 e. The molecule has 0 aromatic heterocycles. The molecule has 1 aliphatic carbocycles. The number of hydrogen-bond donors (Lipinski definition) is 0. The van der Waals surface area contributed by atoms with Crippen molar-refractivity contribution in [2.45, 2.75) is 18.9 Å². The van der Waals surface area contributed by atoms with Crippen LogP contribution in [0.3, 0.4) is 0 Å². The Labute approximate surface area is 138 Å². The lowest BCUT2D eigenvalue weighted by atomic mass is 10.1. The molecule has 1 atom stereocenters. The molecule has 5 heteroatoms. The Morgan fingerprint density at radius 1 is 1.30 bits per heavy atom. The fraction of sp³-hybridized carbons (Fsp3) is 0.611. The molecule has 1 aliphatic heterocycles. The molecule has 2 fully saturated rings. The summed E-state index contributed by atoms with van der Waals surface area (Å²) in [4.78, 5) is 16.9. The van der Waals surface area contributed by atoms with E-state index in [9.17, 15) is 4.79 Å².